The van der Waals surface area contributed by atoms with E-state index in [2.05, 4.69) is 5.32 Å². The van der Waals surface area contributed by atoms with Crippen molar-refractivity contribution in [2.75, 3.05) is 16.8 Å². The zero-order valence-electron chi connectivity index (χ0n) is 15.9. The number of benzene rings is 2. The van der Waals surface area contributed by atoms with E-state index in [1.807, 2.05) is 69.0 Å². The molecule has 0 unspecified atom stereocenters. The van der Waals surface area contributed by atoms with Crippen molar-refractivity contribution in [3.05, 3.63) is 58.7 Å². The van der Waals surface area contributed by atoms with Crippen LogP contribution in [0.3, 0.4) is 0 Å². The molecule has 0 fully saturated rings. The number of hydrogen-bond acceptors (Lipinski definition) is 2. The Morgan fingerprint density at radius 2 is 1.85 bits per heavy atom. The Morgan fingerprint density at radius 1 is 1.08 bits per heavy atom. The topological polar surface area (TPSA) is 49.4 Å². The Balaban J connectivity index is 1.88. The van der Waals surface area contributed by atoms with Gasteiger partial charge in [0.1, 0.15) is 0 Å². The van der Waals surface area contributed by atoms with Gasteiger partial charge in [-0.15, -0.1) is 0 Å². The molecule has 1 N–H and O–H groups in total. The molecular weight excluding hydrogens is 324 g/mol. The summed E-state index contributed by atoms with van der Waals surface area (Å²) in [5.74, 6) is -0.0400. The van der Waals surface area contributed by atoms with Gasteiger partial charge in [-0.3, -0.25) is 9.59 Å². The largest absolute Gasteiger partial charge is 0.322 e. The number of fused-ring (bicyclic) bond motifs is 1. The predicted octanol–water partition coefficient (Wildman–Crippen LogP) is 4.49. The quantitative estimate of drug-likeness (QED) is 0.886. The highest BCUT2D eigenvalue weighted by Crippen LogP contribution is 2.31. The summed E-state index contributed by atoms with van der Waals surface area (Å²) < 4.78 is 0. The molecule has 136 valence electrons. The highest BCUT2D eigenvalue weighted by atomic mass is 16.2. The zero-order chi connectivity index (χ0) is 18.8. The molecule has 1 heterocycles. The lowest BCUT2D eigenvalue weighted by atomic mass is 9.99. The van der Waals surface area contributed by atoms with Crippen molar-refractivity contribution in [1.82, 2.24) is 0 Å². The third-order valence-electron chi connectivity index (χ3n) is 4.86. The Hall–Kier alpha value is -2.62. The number of nitrogens with zero attached hydrogens (tertiary/aromatic N) is 1. The molecule has 0 radical (unpaired) electrons. The van der Waals surface area contributed by atoms with Crippen LogP contribution in [-0.2, 0) is 11.2 Å². The minimum atomic E-state index is -0.122. The highest BCUT2D eigenvalue weighted by molar-refractivity contribution is 6.06. The summed E-state index contributed by atoms with van der Waals surface area (Å²) in [6.45, 7) is 8.48. The molecule has 0 aliphatic carbocycles. The molecule has 0 bridgehead atoms. The second-order valence-electron chi connectivity index (χ2n) is 7.36. The van der Waals surface area contributed by atoms with E-state index >= 15 is 0 Å². The Labute approximate surface area is 155 Å². The maximum atomic E-state index is 12.7. The van der Waals surface area contributed by atoms with E-state index in [0.717, 1.165) is 47.5 Å². The van der Waals surface area contributed by atoms with E-state index < -0.39 is 0 Å². The summed E-state index contributed by atoms with van der Waals surface area (Å²) in [4.78, 5) is 27.1. The van der Waals surface area contributed by atoms with Crippen molar-refractivity contribution in [3.8, 4) is 0 Å². The number of amides is 2. The van der Waals surface area contributed by atoms with Gasteiger partial charge < -0.3 is 10.2 Å². The lowest BCUT2D eigenvalue weighted by Gasteiger charge is -2.31. The molecule has 0 saturated carbocycles. The van der Waals surface area contributed by atoms with Crippen LogP contribution in [0.25, 0.3) is 0 Å². The Kier molecular flexibility index (Phi) is 5.12. The maximum absolute atomic E-state index is 12.7. The van der Waals surface area contributed by atoms with E-state index in [0.29, 0.717) is 5.56 Å². The second kappa shape index (κ2) is 7.32. The summed E-state index contributed by atoms with van der Waals surface area (Å²) in [5.41, 5.74) is 5.49. The molecule has 2 aromatic rings. The Morgan fingerprint density at radius 3 is 2.58 bits per heavy atom. The van der Waals surface area contributed by atoms with Gasteiger partial charge in [0.15, 0.2) is 0 Å². The molecule has 2 amide bonds. The molecule has 1 aliphatic rings. The summed E-state index contributed by atoms with van der Waals surface area (Å²) in [6, 6.07) is 11.7. The maximum Gasteiger partial charge on any atom is 0.255 e. The first-order chi connectivity index (χ1) is 12.4. The van der Waals surface area contributed by atoms with E-state index in [1.54, 1.807) is 0 Å². The summed E-state index contributed by atoms with van der Waals surface area (Å²) >= 11 is 0. The van der Waals surface area contributed by atoms with Crippen molar-refractivity contribution < 1.29 is 9.59 Å². The van der Waals surface area contributed by atoms with Crippen LogP contribution in [0.1, 0.15) is 47.3 Å². The van der Waals surface area contributed by atoms with Gasteiger partial charge in [-0.1, -0.05) is 37.6 Å². The molecule has 0 atom stereocenters. The lowest BCUT2D eigenvalue weighted by molar-refractivity contribution is -0.121. The van der Waals surface area contributed by atoms with Crippen LogP contribution in [0.5, 0.6) is 0 Å². The number of anilines is 2. The minimum Gasteiger partial charge on any atom is -0.322 e. The average Bonchev–Trinajstić information content (AvgIpc) is 2.62. The molecule has 0 aromatic heterocycles. The fourth-order valence-electron chi connectivity index (χ4n) is 3.37. The summed E-state index contributed by atoms with van der Waals surface area (Å²) in [5, 5.41) is 2.99. The van der Waals surface area contributed by atoms with Gasteiger partial charge in [-0.25, -0.2) is 0 Å². The van der Waals surface area contributed by atoms with Gasteiger partial charge in [-0.2, -0.15) is 0 Å². The van der Waals surface area contributed by atoms with Crippen LogP contribution in [-0.4, -0.2) is 18.4 Å². The smallest absolute Gasteiger partial charge is 0.255 e. The standard InChI is InChI=1S/C22H26N2O2/c1-14(2)22(26)24-11-5-6-17-9-10-18(13-20(17)24)23-21(25)19-12-15(3)7-8-16(19)4/h7-10,12-14H,5-6,11H2,1-4H3,(H,23,25). The summed E-state index contributed by atoms with van der Waals surface area (Å²) in [6.07, 6.45) is 1.93. The molecule has 26 heavy (non-hydrogen) atoms. The normalized spacial score (nSPS) is 13.5. The van der Waals surface area contributed by atoms with Gasteiger partial charge in [-0.05, 0) is 56.0 Å². The first-order valence-electron chi connectivity index (χ1n) is 9.19. The van der Waals surface area contributed by atoms with E-state index in [-0.39, 0.29) is 17.7 Å². The Bertz CT molecular complexity index is 855. The first kappa shape index (κ1) is 18.2. The number of aryl methyl sites for hydroxylation is 3. The van der Waals surface area contributed by atoms with Crippen LogP contribution in [0.4, 0.5) is 11.4 Å². The van der Waals surface area contributed by atoms with Crippen molar-refractivity contribution in [3.63, 3.8) is 0 Å². The van der Waals surface area contributed by atoms with Crippen molar-refractivity contribution >= 4 is 23.2 Å². The molecule has 4 nitrogen and oxygen atoms in total. The van der Waals surface area contributed by atoms with Gasteiger partial charge in [0, 0.05) is 29.4 Å². The molecule has 2 aromatic carbocycles. The van der Waals surface area contributed by atoms with Crippen LogP contribution in [0, 0.1) is 19.8 Å². The molecule has 1 aliphatic heterocycles. The van der Waals surface area contributed by atoms with Gasteiger partial charge in [0.2, 0.25) is 5.91 Å². The monoisotopic (exact) mass is 350 g/mol. The second-order valence-corrected chi connectivity index (χ2v) is 7.36. The SMILES string of the molecule is Cc1ccc(C)c(C(=O)Nc2ccc3c(c2)N(C(=O)C(C)C)CCC3)c1. The fourth-order valence-corrected chi connectivity index (χ4v) is 3.37. The van der Waals surface area contributed by atoms with Crippen LogP contribution in [0.15, 0.2) is 36.4 Å². The lowest BCUT2D eigenvalue weighted by Crippen LogP contribution is -2.38. The molecule has 4 heteroatoms. The van der Waals surface area contributed by atoms with Crippen molar-refractivity contribution in [2.24, 2.45) is 5.92 Å². The highest BCUT2D eigenvalue weighted by Gasteiger charge is 2.24. The van der Waals surface area contributed by atoms with Gasteiger partial charge in [0.25, 0.3) is 5.91 Å². The van der Waals surface area contributed by atoms with Gasteiger partial charge in [0.05, 0.1) is 0 Å². The minimum absolute atomic E-state index is 0.0471. The molecular formula is C22H26N2O2. The third-order valence-corrected chi connectivity index (χ3v) is 4.86. The van der Waals surface area contributed by atoms with Crippen molar-refractivity contribution in [2.45, 2.75) is 40.5 Å². The van der Waals surface area contributed by atoms with Crippen LogP contribution < -0.4 is 10.2 Å². The van der Waals surface area contributed by atoms with Crippen LogP contribution in [0.2, 0.25) is 0 Å². The summed E-state index contributed by atoms with van der Waals surface area (Å²) in [7, 11) is 0. The molecule has 3 rings (SSSR count). The van der Waals surface area contributed by atoms with Crippen LogP contribution >= 0.6 is 0 Å². The average molecular weight is 350 g/mol. The van der Waals surface area contributed by atoms with Crippen molar-refractivity contribution in [1.29, 1.82) is 0 Å². The molecule has 0 spiro atoms. The zero-order valence-corrected chi connectivity index (χ0v) is 15.9. The fraction of sp³-hybridized carbons (Fsp3) is 0.364. The van der Waals surface area contributed by atoms with E-state index in [9.17, 15) is 9.59 Å². The number of nitrogens with one attached hydrogen (secondary N) is 1. The van der Waals surface area contributed by atoms with E-state index in [1.165, 1.54) is 0 Å². The van der Waals surface area contributed by atoms with E-state index in [4.69, 9.17) is 0 Å². The first-order valence-corrected chi connectivity index (χ1v) is 9.19. The third kappa shape index (κ3) is 3.64. The number of hydrogen-bond donors (Lipinski definition) is 1. The number of carbonyl (C=O) groups excluding carboxylic acids is 2. The number of carbonyl (C=O) groups is 2. The molecule has 0 saturated heterocycles. The van der Waals surface area contributed by atoms with Gasteiger partial charge >= 0.3 is 0 Å². The number of rotatable bonds is 3. The predicted molar refractivity (Wildman–Crippen MR) is 106 cm³/mol.